The second-order valence-electron chi connectivity index (χ2n) is 8.64. The van der Waals surface area contributed by atoms with E-state index in [1.54, 1.807) is 0 Å². The van der Waals surface area contributed by atoms with Crippen molar-refractivity contribution in [2.45, 2.75) is 37.8 Å². The van der Waals surface area contributed by atoms with Crippen LogP contribution in [0.5, 0.6) is 0 Å². The number of pyridine rings is 1. The summed E-state index contributed by atoms with van der Waals surface area (Å²) in [5.41, 5.74) is 2.12. The lowest BCUT2D eigenvalue weighted by atomic mass is 9.93. The molecular formula is C24H28N6O2. The lowest BCUT2D eigenvalue weighted by Crippen LogP contribution is -2.47. The summed E-state index contributed by atoms with van der Waals surface area (Å²) in [4.78, 5) is 27.4. The number of likely N-dealkylation sites (tertiary alicyclic amines) is 1. The first kappa shape index (κ1) is 20.8. The highest BCUT2D eigenvalue weighted by atomic mass is 16.5. The molecule has 2 aliphatic heterocycles. The van der Waals surface area contributed by atoms with Gasteiger partial charge in [-0.15, -0.1) is 0 Å². The van der Waals surface area contributed by atoms with Crippen LogP contribution in [0, 0.1) is 5.41 Å². The highest BCUT2D eigenvalue weighted by Crippen LogP contribution is 2.33. The Morgan fingerprint density at radius 1 is 1.19 bits per heavy atom. The maximum atomic E-state index is 12.6. The van der Waals surface area contributed by atoms with Crippen LogP contribution in [-0.2, 0) is 4.74 Å². The SMILES string of the molecule is C[C@H](c1nc(NC2CCOCC2)c(C=N)c(=O)[nH]1)N1CC(c2ccc3ccccc3n2)C1. The van der Waals surface area contributed by atoms with Gasteiger partial charge in [-0.2, -0.15) is 0 Å². The van der Waals surface area contributed by atoms with E-state index in [9.17, 15) is 4.79 Å². The number of hydrogen-bond acceptors (Lipinski definition) is 7. The minimum Gasteiger partial charge on any atom is -0.381 e. The molecule has 0 amide bonds. The van der Waals surface area contributed by atoms with E-state index in [4.69, 9.17) is 20.1 Å². The number of para-hydroxylation sites is 1. The van der Waals surface area contributed by atoms with Crippen molar-refractivity contribution in [2.24, 2.45) is 0 Å². The number of aromatic amines is 1. The molecule has 0 radical (unpaired) electrons. The Labute approximate surface area is 186 Å². The zero-order valence-corrected chi connectivity index (χ0v) is 18.2. The summed E-state index contributed by atoms with van der Waals surface area (Å²) in [6.45, 7) is 5.19. The maximum absolute atomic E-state index is 12.6. The van der Waals surface area contributed by atoms with Crippen molar-refractivity contribution in [3.63, 3.8) is 0 Å². The van der Waals surface area contributed by atoms with Crippen molar-refractivity contribution >= 4 is 22.9 Å². The number of anilines is 1. The predicted molar refractivity (Wildman–Crippen MR) is 125 cm³/mol. The summed E-state index contributed by atoms with van der Waals surface area (Å²) in [6.07, 6.45) is 2.81. The zero-order chi connectivity index (χ0) is 22.1. The number of H-pyrrole nitrogens is 1. The van der Waals surface area contributed by atoms with Crippen LogP contribution in [-0.4, -0.2) is 58.4 Å². The Hall–Kier alpha value is -3.10. The molecule has 3 aromatic rings. The van der Waals surface area contributed by atoms with Crippen LogP contribution < -0.4 is 10.9 Å². The Morgan fingerprint density at radius 2 is 1.97 bits per heavy atom. The van der Waals surface area contributed by atoms with Crippen LogP contribution in [0.15, 0.2) is 41.2 Å². The van der Waals surface area contributed by atoms with Gasteiger partial charge in [-0.1, -0.05) is 24.3 Å². The molecule has 8 nitrogen and oxygen atoms in total. The average Bonchev–Trinajstić information content (AvgIpc) is 2.78. The summed E-state index contributed by atoms with van der Waals surface area (Å²) in [6, 6.07) is 12.6. The molecule has 2 aliphatic rings. The summed E-state index contributed by atoms with van der Waals surface area (Å²) >= 11 is 0. The first-order valence-corrected chi connectivity index (χ1v) is 11.2. The zero-order valence-electron chi connectivity index (χ0n) is 18.2. The summed E-state index contributed by atoms with van der Waals surface area (Å²) < 4.78 is 5.42. The minimum absolute atomic E-state index is 0.0329. The van der Waals surface area contributed by atoms with Crippen LogP contribution in [0.2, 0.25) is 0 Å². The van der Waals surface area contributed by atoms with E-state index in [-0.39, 0.29) is 23.2 Å². The topological polar surface area (TPSA) is 107 Å². The fraction of sp³-hybridized carbons (Fsp3) is 0.417. The Morgan fingerprint density at radius 3 is 2.75 bits per heavy atom. The first-order chi connectivity index (χ1) is 15.6. The highest BCUT2D eigenvalue weighted by Gasteiger charge is 2.34. The Balaban J connectivity index is 1.31. The van der Waals surface area contributed by atoms with Gasteiger partial charge in [0.25, 0.3) is 5.56 Å². The molecule has 1 atom stereocenters. The van der Waals surface area contributed by atoms with E-state index >= 15 is 0 Å². The van der Waals surface area contributed by atoms with Gasteiger partial charge in [-0.25, -0.2) is 4.98 Å². The molecule has 0 saturated carbocycles. The maximum Gasteiger partial charge on any atom is 0.261 e. The molecule has 2 fully saturated rings. The largest absolute Gasteiger partial charge is 0.381 e. The van der Waals surface area contributed by atoms with Crippen molar-refractivity contribution in [1.82, 2.24) is 19.9 Å². The van der Waals surface area contributed by atoms with Crippen LogP contribution in [0.3, 0.4) is 0 Å². The predicted octanol–water partition coefficient (Wildman–Crippen LogP) is 3.07. The third kappa shape index (κ3) is 4.03. The first-order valence-electron chi connectivity index (χ1n) is 11.2. The average molecular weight is 433 g/mol. The molecule has 8 heteroatoms. The normalized spacial score (nSPS) is 18.9. The van der Waals surface area contributed by atoms with Gasteiger partial charge in [0.05, 0.1) is 17.1 Å². The van der Waals surface area contributed by atoms with Crippen LogP contribution in [0.4, 0.5) is 5.82 Å². The Bertz CT molecular complexity index is 1180. The van der Waals surface area contributed by atoms with Gasteiger partial charge < -0.3 is 20.4 Å². The van der Waals surface area contributed by atoms with E-state index in [2.05, 4.69) is 40.3 Å². The van der Waals surface area contributed by atoms with Crippen molar-refractivity contribution in [3.05, 3.63) is 63.8 Å². The number of benzene rings is 1. The van der Waals surface area contributed by atoms with Gasteiger partial charge in [0, 0.05) is 55.6 Å². The fourth-order valence-electron chi connectivity index (χ4n) is 4.47. The molecular weight excluding hydrogens is 404 g/mol. The summed E-state index contributed by atoms with van der Waals surface area (Å²) in [5.74, 6) is 1.49. The standard InChI is InChI=1S/C24H28N6O2/c1-15(30-13-17(14-30)21-7-6-16-4-2-3-5-20(16)27-21)22-28-23(19(12-25)24(31)29-22)26-18-8-10-32-11-9-18/h2-7,12,15,17-18,25H,8-11,13-14H2,1H3,(H2,26,28,29,31)/t15-/m1/s1. The van der Waals surface area contributed by atoms with Crippen molar-refractivity contribution in [3.8, 4) is 0 Å². The number of ether oxygens (including phenoxy) is 1. The van der Waals surface area contributed by atoms with Crippen LogP contribution in [0.25, 0.3) is 10.9 Å². The van der Waals surface area contributed by atoms with Crippen molar-refractivity contribution < 1.29 is 4.74 Å². The van der Waals surface area contributed by atoms with Gasteiger partial charge >= 0.3 is 0 Å². The molecule has 166 valence electrons. The third-order valence-electron chi connectivity index (χ3n) is 6.57. The van der Waals surface area contributed by atoms with E-state index < -0.39 is 0 Å². The van der Waals surface area contributed by atoms with E-state index in [1.165, 1.54) is 0 Å². The van der Waals surface area contributed by atoms with Gasteiger partial charge in [0.15, 0.2) is 0 Å². The van der Waals surface area contributed by atoms with Gasteiger partial charge in [-0.05, 0) is 31.9 Å². The van der Waals surface area contributed by atoms with Gasteiger partial charge in [0.2, 0.25) is 0 Å². The number of nitrogens with one attached hydrogen (secondary N) is 3. The van der Waals surface area contributed by atoms with E-state index in [1.807, 2.05) is 18.2 Å². The monoisotopic (exact) mass is 432 g/mol. The number of nitrogens with zero attached hydrogens (tertiary/aromatic N) is 3. The van der Waals surface area contributed by atoms with Crippen molar-refractivity contribution in [2.75, 3.05) is 31.6 Å². The molecule has 0 spiro atoms. The van der Waals surface area contributed by atoms with Crippen LogP contribution in [0.1, 0.15) is 48.8 Å². The van der Waals surface area contributed by atoms with Crippen molar-refractivity contribution in [1.29, 1.82) is 5.41 Å². The lowest BCUT2D eigenvalue weighted by Gasteiger charge is -2.42. The highest BCUT2D eigenvalue weighted by molar-refractivity contribution is 5.83. The molecule has 0 aliphatic carbocycles. The fourth-order valence-corrected chi connectivity index (χ4v) is 4.47. The molecule has 2 aromatic heterocycles. The minimum atomic E-state index is -0.278. The quantitative estimate of drug-likeness (QED) is 0.517. The third-order valence-corrected chi connectivity index (χ3v) is 6.57. The molecule has 3 N–H and O–H groups in total. The molecule has 32 heavy (non-hydrogen) atoms. The molecule has 1 aromatic carbocycles. The second-order valence-corrected chi connectivity index (χ2v) is 8.64. The molecule has 0 bridgehead atoms. The second kappa shape index (κ2) is 8.80. The van der Waals surface area contributed by atoms with Crippen LogP contribution >= 0.6 is 0 Å². The summed E-state index contributed by atoms with van der Waals surface area (Å²) in [5, 5.41) is 12.2. The Kier molecular flexibility index (Phi) is 5.71. The number of rotatable bonds is 6. The van der Waals surface area contributed by atoms with E-state index in [0.29, 0.717) is 30.8 Å². The number of fused-ring (bicyclic) bond motifs is 1. The molecule has 5 rings (SSSR count). The molecule has 4 heterocycles. The number of aromatic nitrogens is 3. The molecule has 2 saturated heterocycles. The van der Waals surface area contributed by atoms with E-state index in [0.717, 1.165) is 48.7 Å². The lowest BCUT2D eigenvalue weighted by molar-refractivity contribution is 0.0900. The summed E-state index contributed by atoms with van der Waals surface area (Å²) in [7, 11) is 0. The van der Waals surface area contributed by atoms with Gasteiger partial charge in [0.1, 0.15) is 11.6 Å². The van der Waals surface area contributed by atoms with Gasteiger partial charge in [-0.3, -0.25) is 14.7 Å². The smallest absolute Gasteiger partial charge is 0.261 e. The number of hydrogen-bond donors (Lipinski definition) is 3. The molecule has 0 unspecified atom stereocenters.